The lowest BCUT2D eigenvalue weighted by molar-refractivity contribution is 0.486. The quantitative estimate of drug-likeness (QED) is 0.525. The van der Waals surface area contributed by atoms with E-state index in [1.54, 1.807) is 0 Å². The maximum atomic E-state index is 5.95. The number of anilines is 1. The molecular weight excluding hydrogens is 349 g/mol. The maximum Gasteiger partial charge on any atom is 0.150 e. The van der Waals surface area contributed by atoms with Gasteiger partial charge in [0.2, 0.25) is 0 Å². The van der Waals surface area contributed by atoms with Crippen molar-refractivity contribution in [2.24, 2.45) is 0 Å². The van der Waals surface area contributed by atoms with Crippen LogP contribution in [0.15, 0.2) is 60.7 Å². The molecule has 0 aliphatic rings. The Morgan fingerprint density at radius 1 is 0.842 bits per heavy atom. The van der Waals surface area contributed by atoms with Crippen molar-refractivity contribution in [3.8, 4) is 11.5 Å². The highest BCUT2D eigenvalue weighted by molar-refractivity contribution is 14.1. The number of ether oxygens (including phenoxy) is 1. The fourth-order valence-corrected chi connectivity index (χ4v) is 2.49. The van der Waals surface area contributed by atoms with E-state index in [0.29, 0.717) is 11.4 Å². The molecule has 19 heavy (non-hydrogen) atoms. The summed E-state index contributed by atoms with van der Waals surface area (Å²) in [6.45, 7) is 0. The van der Waals surface area contributed by atoms with Gasteiger partial charge in [-0.15, -0.1) is 0 Å². The zero-order chi connectivity index (χ0) is 13.2. The molecule has 3 aromatic carbocycles. The van der Waals surface area contributed by atoms with Crippen LogP contribution in [0, 0.1) is 3.57 Å². The molecule has 0 amide bonds. The van der Waals surface area contributed by atoms with Crippen molar-refractivity contribution in [1.29, 1.82) is 0 Å². The average Bonchev–Trinajstić information content (AvgIpc) is 2.42. The Kier molecular flexibility index (Phi) is 3.29. The third-order valence-corrected chi connectivity index (χ3v) is 3.59. The van der Waals surface area contributed by atoms with Crippen LogP contribution in [0.3, 0.4) is 0 Å². The first kappa shape index (κ1) is 12.3. The number of nitrogens with two attached hydrogens (primary N) is 1. The maximum absolute atomic E-state index is 5.95. The molecule has 0 atom stereocenters. The fraction of sp³-hybridized carbons (Fsp3) is 0. The second-order valence-corrected chi connectivity index (χ2v) is 5.54. The van der Waals surface area contributed by atoms with E-state index in [4.69, 9.17) is 10.5 Å². The average molecular weight is 361 g/mol. The predicted octanol–water partition coefficient (Wildman–Crippen LogP) is 4.82. The second kappa shape index (κ2) is 5.09. The van der Waals surface area contributed by atoms with Crippen LogP contribution < -0.4 is 10.5 Å². The smallest absolute Gasteiger partial charge is 0.150 e. The van der Waals surface area contributed by atoms with Crippen LogP contribution in [0.2, 0.25) is 0 Å². The van der Waals surface area contributed by atoms with Crippen molar-refractivity contribution >= 4 is 39.1 Å². The molecule has 0 spiro atoms. The Balaban J connectivity index is 1.96. The minimum Gasteiger partial charge on any atom is -0.455 e. The van der Waals surface area contributed by atoms with Crippen LogP contribution >= 0.6 is 22.6 Å². The Morgan fingerprint density at radius 3 is 2.42 bits per heavy atom. The largest absolute Gasteiger partial charge is 0.455 e. The minimum absolute atomic E-state index is 0.653. The SMILES string of the molecule is Nc1cc(I)ccc1Oc1ccc2ccccc2c1. The fourth-order valence-electron chi connectivity index (χ4n) is 1.97. The molecule has 94 valence electrons. The highest BCUT2D eigenvalue weighted by atomic mass is 127. The van der Waals surface area contributed by atoms with E-state index in [1.165, 1.54) is 5.39 Å². The molecule has 0 aliphatic heterocycles. The van der Waals surface area contributed by atoms with Crippen LogP contribution in [0.25, 0.3) is 10.8 Å². The second-order valence-electron chi connectivity index (χ2n) is 4.29. The van der Waals surface area contributed by atoms with Gasteiger partial charge in [0.05, 0.1) is 5.69 Å². The normalized spacial score (nSPS) is 10.6. The summed E-state index contributed by atoms with van der Waals surface area (Å²) >= 11 is 2.23. The summed E-state index contributed by atoms with van der Waals surface area (Å²) in [7, 11) is 0. The number of hydrogen-bond donors (Lipinski definition) is 1. The van der Waals surface area contributed by atoms with Crippen LogP contribution in [0.4, 0.5) is 5.69 Å². The van der Waals surface area contributed by atoms with E-state index in [0.717, 1.165) is 14.7 Å². The van der Waals surface area contributed by atoms with Crippen molar-refractivity contribution in [3.63, 3.8) is 0 Å². The Morgan fingerprint density at radius 2 is 1.63 bits per heavy atom. The summed E-state index contributed by atoms with van der Waals surface area (Å²) in [5.41, 5.74) is 6.60. The van der Waals surface area contributed by atoms with Crippen LogP contribution in [-0.2, 0) is 0 Å². The third-order valence-electron chi connectivity index (χ3n) is 2.92. The molecule has 0 saturated heterocycles. The van der Waals surface area contributed by atoms with Crippen molar-refractivity contribution in [1.82, 2.24) is 0 Å². The predicted molar refractivity (Wildman–Crippen MR) is 87.6 cm³/mol. The third kappa shape index (κ3) is 2.66. The first-order valence-corrected chi connectivity index (χ1v) is 7.02. The number of halogens is 1. The zero-order valence-corrected chi connectivity index (χ0v) is 12.3. The molecule has 0 saturated carbocycles. The van der Waals surface area contributed by atoms with Gasteiger partial charge >= 0.3 is 0 Å². The topological polar surface area (TPSA) is 35.2 Å². The van der Waals surface area contributed by atoms with Gasteiger partial charge in [-0.3, -0.25) is 0 Å². The van der Waals surface area contributed by atoms with Gasteiger partial charge in [-0.1, -0.05) is 30.3 Å². The molecule has 0 aliphatic carbocycles. The number of nitrogen functional groups attached to an aromatic ring is 1. The highest BCUT2D eigenvalue weighted by Gasteiger charge is 2.03. The summed E-state index contributed by atoms with van der Waals surface area (Å²) in [6.07, 6.45) is 0. The monoisotopic (exact) mass is 361 g/mol. The summed E-state index contributed by atoms with van der Waals surface area (Å²) in [4.78, 5) is 0. The van der Waals surface area contributed by atoms with E-state index in [2.05, 4.69) is 34.7 Å². The summed E-state index contributed by atoms with van der Waals surface area (Å²) in [6, 6.07) is 20.0. The number of fused-ring (bicyclic) bond motifs is 1. The van der Waals surface area contributed by atoms with E-state index in [1.807, 2.05) is 48.5 Å². The Hall–Kier alpha value is -1.75. The molecule has 0 fully saturated rings. The summed E-state index contributed by atoms with van der Waals surface area (Å²) in [5, 5.41) is 2.36. The summed E-state index contributed by atoms with van der Waals surface area (Å²) < 4.78 is 6.94. The molecule has 2 N–H and O–H groups in total. The van der Waals surface area contributed by atoms with E-state index in [-0.39, 0.29) is 0 Å². The van der Waals surface area contributed by atoms with Crippen molar-refractivity contribution in [2.75, 3.05) is 5.73 Å². The molecule has 3 aromatic rings. The first-order valence-electron chi connectivity index (χ1n) is 5.94. The van der Waals surface area contributed by atoms with Crippen LogP contribution in [0.1, 0.15) is 0 Å². The molecule has 0 radical (unpaired) electrons. The molecule has 0 bridgehead atoms. The van der Waals surface area contributed by atoms with Gasteiger partial charge in [0.1, 0.15) is 11.5 Å². The molecule has 3 heteroatoms. The lowest BCUT2D eigenvalue weighted by atomic mass is 10.1. The minimum atomic E-state index is 0.653. The molecule has 0 heterocycles. The molecule has 2 nitrogen and oxygen atoms in total. The molecule has 0 aromatic heterocycles. The van der Waals surface area contributed by atoms with Gasteiger partial charge in [0, 0.05) is 3.57 Å². The number of rotatable bonds is 2. The van der Waals surface area contributed by atoms with E-state index in [9.17, 15) is 0 Å². The Bertz CT molecular complexity index is 740. The van der Waals surface area contributed by atoms with Gasteiger partial charge in [-0.25, -0.2) is 0 Å². The number of hydrogen-bond acceptors (Lipinski definition) is 2. The van der Waals surface area contributed by atoms with Gasteiger partial charge in [0.25, 0.3) is 0 Å². The van der Waals surface area contributed by atoms with E-state index < -0.39 is 0 Å². The van der Waals surface area contributed by atoms with Crippen molar-refractivity contribution in [3.05, 3.63) is 64.2 Å². The molecular formula is C16H12INO. The highest BCUT2D eigenvalue weighted by Crippen LogP contribution is 2.30. The van der Waals surface area contributed by atoms with Crippen LogP contribution in [0.5, 0.6) is 11.5 Å². The molecule has 0 unspecified atom stereocenters. The van der Waals surface area contributed by atoms with Gasteiger partial charge < -0.3 is 10.5 Å². The Labute approximate surface area is 125 Å². The van der Waals surface area contributed by atoms with Gasteiger partial charge in [-0.2, -0.15) is 0 Å². The molecule has 3 rings (SSSR count). The van der Waals surface area contributed by atoms with Crippen molar-refractivity contribution in [2.45, 2.75) is 0 Å². The van der Waals surface area contributed by atoms with Gasteiger partial charge in [0.15, 0.2) is 0 Å². The first-order chi connectivity index (χ1) is 9.22. The number of benzene rings is 3. The lowest BCUT2D eigenvalue weighted by Gasteiger charge is -2.09. The lowest BCUT2D eigenvalue weighted by Crippen LogP contribution is -1.92. The van der Waals surface area contributed by atoms with E-state index >= 15 is 0 Å². The van der Waals surface area contributed by atoms with Crippen LogP contribution in [-0.4, -0.2) is 0 Å². The van der Waals surface area contributed by atoms with Crippen molar-refractivity contribution < 1.29 is 4.74 Å². The van der Waals surface area contributed by atoms with Gasteiger partial charge in [-0.05, 0) is 63.7 Å². The standard InChI is InChI=1S/C16H12INO/c17-13-6-8-16(15(18)10-13)19-14-7-5-11-3-1-2-4-12(11)9-14/h1-10H,18H2. The summed E-state index contributed by atoms with van der Waals surface area (Å²) in [5.74, 6) is 1.49. The zero-order valence-electron chi connectivity index (χ0n) is 10.1.